The van der Waals surface area contributed by atoms with Crippen LogP contribution in [0.15, 0.2) is 24.3 Å². The Morgan fingerprint density at radius 3 is 2.24 bits per heavy atom. The van der Waals surface area contributed by atoms with Crippen LogP contribution in [0, 0.1) is 0 Å². The van der Waals surface area contributed by atoms with Gasteiger partial charge < -0.3 is 20.7 Å². The molecule has 0 aliphatic carbocycles. The Kier molecular flexibility index (Phi) is 6.68. The predicted molar refractivity (Wildman–Crippen MR) is 82.5 cm³/mol. The van der Waals surface area contributed by atoms with Crippen LogP contribution >= 0.6 is 0 Å². The number of carbonyl (C=O) groups is 2. The van der Waals surface area contributed by atoms with Gasteiger partial charge in [-0.2, -0.15) is 0 Å². The summed E-state index contributed by atoms with van der Waals surface area (Å²) >= 11 is 0. The van der Waals surface area contributed by atoms with Crippen LogP contribution in [0.25, 0.3) is 0 Å². The van der Waals surface area contributed by atoms with Crippen LogP contribution < -0.4 is 16.0 Å². The summed E-state index contributed by atoms with van der Waals surface area (Å²) in [4.78, 5) is 23.5. The van der Waals surface area contributed by atoms with Crippen molar-refractivity contribution in [1.82, 2.24) is 10.6 Å². The molecule has 1 atom stereocenters. The van der Waals surface area contributed by atoms with E-state index in [-0.39, 0.29) is 24.0 Å². The van der Waals surface area contributed by atoms with Crippen molar-refractivity contribution in [3.05, 3.63) is 29.8 Å². The topological polar surface area (TPSA) is 79.5 Å². The van der Waals surface area contributed by atoms with Crippen LogP contribution in [0.4, 0.5) is 10.5 Å². The van der Waals surface area contributed by atoms with Gasteiger partial charge in [0.2, 0.25) is 0 Å². The maximum atomic E-state index is 11.8. The van der Waals surface area contributed by atoms with E-state index in [0.29, 0.717) is 17.9 Å². The van der Waals surface area contributed by atoms with E-state index < -0.39 is 0 Å². The van der Waals surface area contributed by atoms with Gasteiger partial charge in [0.05, 0.1) is 12.6 Å². The first kappa shape index (κ1) is 17.0. The van der Waals surface area contributed by atoms with Crippen LogP contribution in [0.1, 0.15) is 31.1 Å². The first-order chi connectivity index (χ1) is 9.92. The standard InChI is InChI=1S/C15H23N3O3/c1-10(2)16-14(19)12-5-7-13(8-6-12)18-15(20)17-11(3)9-21-4/h5-8,10-11H,9H2,1-4H3,(H,16,19)(H2,17,18,20). The van der Waals surface area contributed by atoms with E-state index in [1.54, 1.807) is 31.4 Å². The van der Waals surface area contributed by atoms with Gasteiger partial charge >= 0.3 is 6.03 Å². The van der Waals surface area contributed by atoms with Crippen LogP contribution in [0.5, 0.6) is 0 Å². The number of hydrogen-bond acceptors (Lipinski definition) is 3. The minimum absolute atomic E-state index is 0.0777. The van der Waals surface area contributed by atoms with E-state index in [9.17, 15) is 9.59 Å². The number of nitrogens with one attached hydrogen (secondary N) is 3. The third kappa shape index (κ3) is 6.27. The lowest BCUT2D eigenvalue weighted by atomic mass is 10.2. The molecule has 0 fully saturated rings. The number of benzene rings is 1. The molecule has 1 aromatic rings. The van der Waals surface area contributed by atoms with Crippen molar-refractivity contribution in [2.45, 2.75) is 32.9 Å². The summed E-state index contributed by atoms with van der Waals surface area (Å²) in [5.41, 5.74) is 1.18. The van der Waals surface area contributed by atoms with Gasteiger partial charge in [-0.3, -0.25) is 4.79 Å². The Labute approximate surface area is 125 Å². The van der Waals surface area contributed by atoms with Gasteiger partial charge in [0, 0.05) is 24.4 Å². The molecule has 0 spiro atoms. The fourth-order valence-corrected chi connectivity index (χ4v) is 1.73. The summed E-state index contributed by atoms with van der Waals surface area (Å²) in [6.45, 7) is 6.10. The molecule has 1 unspecified atom stereocenters. The van der Waals surface area contributed by atoms with Gasteiger partial charge in [0.15, 0.2) is 0 Å². The highest BCUT2D eigenvalue weighted by Gasteiger charge is 2.09. The van der Waals surface area contributed by atoms with Crippen molar-refractivity contribution in [2.75, 3.05) is 19.0 Å². The van der Waals surface area contributed by atoms with Crippen molar-refractivity contribution in [2.24, 2.45) is 0 Å². The second kappa shape index (κ2) is 8.26. The highest BCUT2D eigenvalue weighted by atomic mass is 16.5. The molecule has 0 aliphatic rings. The summed E-state index contributed by atoms with van der Waals surface area (Å²) in [5.74, 6) is -0.130. The molecule has 0 aromatic heterocycles. The number of urea groups is 1. The first-order valence-electron chi connectivity index (χ1n) is 6.89. The summed E-state index contributed by atoms with van der Waals surface area (Å²) < 4.78 is 4.94. The quantitative estimate of drug-likeness (QED) is 0.750. The van der Waals surface area contributed by atoms with Gasteiger partial charge in [0.1, 0.15) is 0 Å². The third-order valence-electron chi connectivity index (χ3n) is 2.62. The van der Waals surface area contributed by atoms with E-state index in [4.69, 9.17) is 4.74 Å². The van der Waals surface area contributed by atoms with Gasteiger partial charge in [-0.25, -0.2) is 4.79 Å². The molecule has 0 bridgehead atoms. The Balaban J connectivity index is 2.54. The monoisotopic (exact) mass is 293 g/mol. The molecule has 6 heteroatoms. The summed E-state index contributed by atoms with van der Waals surface area (Å²) in [7, 11) is 1.58. The summed E-state index contributed by atoms with van der Waals surface area (Å²) in [5, 5.41) is 8.25. The highest BCUT2D eigenvalue weighted by molar-refractivity contribution is 5.95. The molecular formula is C15H23N3O3. The highest BCUT2D eigenvalue weighted by Crippen LogP contribution is 2.09. The second-order valence-electron chi connectivity index (χ2n) is 5.16. The maximum absolute atomic E-state index is 11.8. The minimum atomic E-state index is -0.307. The van der Waals surface area contributed by atoms with Gasteiger partial charge in [0.25, 0.3) is 5.91 Å². The molecule has 0 saturated heterocycles. The Morgan fingerprint density at radius 1 is 1.10 bits per heavy atom. The molecule has 116 valence electrons. The fourth-order valence-electron chi connectivity index (χ4n) is 1.73. The molecule has 3 N–H and O–H groups in total. The summed E-state index contributed by atoms with van der Waals surface area (Å²) in [6, 6.07) is 6.43. The average Bonchev–Trinajstić information content (AvgIpc) is 2.38. The minimum Gasteiger partial charge on any atom is -0.383 e. The molecule has 0 radical (unpaired) electrons. The maximum Gasteiger partial charge on any atom is 0.319 e. The number of rotatable bonds is 6. The zero-order chi connectivity index (χ0) is 15.8. The molecule has 21 heavy (non-hydrogen) atoms. The normalized spacial score (nSPS) is 11.9. The smallest absolute Gasteiger partial charge is 0.319 e. The van der Waals surface area contributed by atoms with Crippen molar-refractivity contribution in [1.29, 1.82) is 0 Å². The second-order valence-corrected chi connectivity index (χ2v) is 5.16. The average molecular weight is 293 g/mol. The van der Waals surface area contributed by atoms with E-state index in [1.165, 1.54) is 0 Å². The number of carbonyl (C=O) groups excluding carboxylic acids is 2. The fraction of sp³-hybridized carbons (Fsp3) is 0.467. The third-order valence-corrected chi connectivity index (χ3v) is 2.62. The van der Waals surface area contributed by atoms with Crippen molar-refractivity contribution >= 4 is 17.6 Å². The number of hydrogen-bond donors (Lipinski definition) is 3. The molecular weight excluding hydrogens is 270 g/mol. The molecule has 0 aliphatic heterocycles. The zero-order valence-electron chi connectivity index (χ0n) is 12.9. The number of amides is 3. The summed E-state index contributed by atoms with van der Waals surface area (Å²) in [6.07, 6.45) is 0. The lowest BCUT2D eigenvalue weighted by molar-refractivity contribution is 0.0943. The molecule has 0 saturated carbocycles. The molecule has 3 amide bonds. The van der Waals surface area contributed by atoms with E-state index >= 15 is 0 Å². The van der Waals surface area contributed by atoms with Gasteiger partial charge in [-0.05, 0) is 45.0 Å². The number of anilines is 1. The molecule has 6 nitrogen and oxygen atoms in total. The number of methoxy groups -OCH3 is 1. The van der Waals surface area contributed by atoms with Gasteiger partial charge in [-0.1, -0.05) is 0 Å². The molecule has 1 rings (SSSR count). The zero-order valence-corrected chi connectivity index (χ0v) is 12.9. The van der Waals surface area contributed by atoms with Crippen LogP contribution in [-0.2, 0) is 4.74 Å². The van der Waals surface area contributed by atoms with Crippen LogP contribution in [0.3, 0.4) is 0 Å². The predicted octanol–water partition coefficient (Wildman–Crippen LogP) is 1.98. The van der Waals surface area contributed by atoms with Crippen molar-refractivity contribution in [3.63, 3.8) is 0 Å². The Hall–Kier alpha value is -2.08. The van der Waals surface area contributed by atoms with Crippen LogP contribution in [-0.4, -0.2) is 37.7 Å². The Morgan fingerprint density at radius 2 is 1.71 bits per heavy atom. The lowest BCUT2D eigenvalue weighted by Crippen LogP contribution is -2.38. The van der Waals surface area contributed by atoms with Gasteiger partial charge in [-0.15, -0.1) is 0 Å². The Bertz CT molecular complexity index is 472. The van der Waals surface area contributed by atoms with E-state index in [1.807, 2.05) is 20.8 Å². The molecule has 1 aromatic carbocycles. The first-order valence-corrected chi connectivity index (χ1v) is 6.89. The van der Waals surface area contributed by atoms with Crippen molar-refractivity contribution < 1.29 is 14.3 Å². The largest absolute Gasteiger partial charge is 0.383 e. The van der Waals surface area contributed by atoms with Crippen LogP contribution in [0.2, 0.25) is 0 Å². The molecule has 0 heterocycles. The lowest BCUT2D eigenvalue weighted by Gasteiger charge is -2.14. The van der Waals surface area contributed by atoms with E-state index in [0.717, 1.165) is 0 Å². The van der Waals surface area contributed by atoms with E-state index in [2.05, 4.69) is 16.0 Å². The number of ether oxygens (including phenoxy) is 1. The SMILES string of the molecule is COCC(C)NC(=O)Nc1ccc(C(=O)NC(C)C)cc1. The van der Waals surface area contributed by atoms with Crippen molar-refractivity contribution in [3.8, 4) is 0 Å².